The van der Waals surface area contributed by atoms with Gasteiger partial charge in [-0.05, 0) is 18.2 Å². The first-order valence-corrected chi connectivity index (χ1v) is 6.79. The van der Waals surface area contributed by atoms with Crippen LogP contribution >= 0.6 is 23.2 Å². The van der Waals surface area contributed by atoms with Crippen molar-refractivity contribution in [2.24, 2.45) is 0 Å². The number of nitrogens with one attached hydrogen (secondary N) is 2. The Hall–Kier alpha value is -2.11. The topological polar surface area (TPSA) is 66.9 Å². The molecule has 1 aromatic heterocycles. The minimum absolute atomic E-state index is 0.225. The van der Waals surface area contributed by atoms with Crippen LogP contribution in [0, 0.1) is 0 Å². The van der Waals surface area contributed by atoms with Crippen LogP contribution in [-0.2, 0) is 0 Å². The molecule has 5 nitrogen and oxygen atoms in total. The Bertz CT molecular complexity index is 676. The summed E-state index contributed by atoms with van der Waals surface area (Å²) in [6.45, 7) is 4.14. The molecule has 0 saturated carbocycles. The number of aromatic nitrogens is 2. The molecule has 2 N–H and O–H groups in total. The van der Waals surface area contributed by atoms with Gasteiger partial charge in [-0.25, -0.2) is 9.97 Å². The fourth-order valence-corrected chi connectivity index (χ4v) is 1.99. The van der Waals surface area contributed by atoms with Crippen molar-refractivity contribution in [1.82, 2.24) is 9.97 Å². The smallest absolute Gasteiger partial charge is 0.274 e. The molecule has 2 aromatic rings. The molecule has 0 fully saturated rings. The van der Waals surface area contributed by atoms with Crippen LogP contribution in [0.1, 0.15) is 10.5 Å². The van der Waals surface area contributed by atoms with Gasteiger partial charge in [-0.1, -0.05) is 29.3 Å². The van der Waals surface area contributed by atoms with Gasteiger partial charge in [-0.15, -0.1) is 6.58 Å². The Labute approximate surface area is 132 Å². The van der Waals surface area contributed by atoms with Crippen LogP contribution in [0.25, 0.3) is 0 Å². The molecule has 1 amide bonds. The van der Waals surface area contributed by atoms with E-state index in [1.54, 1.807) is 30.3 Å². The number of hydrogen-bond donors (Lipinski definition) is 2. The van der Waals surface area contributed by atoms with Gasteiger partial charge in [0.2, 0.25) is 0 Å². The lowest BCUT2D eigenvalue weighted by molar-refractivity contribution is 0.102. The number of carbonyl (C=O) groups is 1. The molecular formula is C14H12Cl2N4O. The molecule has 0 atom stereocenters. The summed E-state index contributed by atoms with van der Waals surface area (Å²) < 4.78 is 0. The van der Waals surface area contributed by atoms with E-state index in [1.165, 1.54) is 6.33 Å². The lowest BCUT2D eigenvalue weighted by Crippen LogP contribution is -2.15. The van der Waals surface area contributed by atoms with Gasteiger partial charge in [0.05, 0.1) is 10.7 Å². The van der Waals surface area contributed by atoms with Gasteiger partial charge in [-0.3, -0.25) is 4.79 Å². The average molecular weight is 323 g/mol. The van der Waals surface area contributed by atoms with Gasteiger partial charge in [0.1, 0.15) is 17.8 Å². The molecule has 2 rings (SSSR count). The zero-order chi connectivity index (χ0) is 15.2. The van der Waals surface area contributed by atoms with Gasteiger partial charge in [-0.2, -0.15) is 0 Å². The molecule has 1 heterocycles. The summed E-state index contributed by atoms with van der Waals surface area (Å²) in [5, 5.41) is 6.50. The zero-order valence-electron chi connectivity index (χ0n) is 10.9. The van der Waals surface area contributed by atoms with Gasteiger partial charge in [0.15, 0.2) is 0 Å². The molecule has 0 bridgehead atoms. The molecular weight excluding hydrogens is 311 g/mol. The summed E-state index contributed by atoms with van der Waals surface area (Å²) in [4.78, 5) is 20.1. The van der Waals surface area contributed by atoms with E-state index in [0.717, 1.165) is 0 Å². The Morgan fingerprint density at radius 1 is 1.29 bits per heavy atom. The minimum Gasteiger partial charge on any atom is -0.366 e. The fourth-order valence-electron chi connectivity index (χ4n) is 1.53. The van der Waals surface area contributed by atoms with E-state index in [0.29, 0.717) is 28.1 Å². The number of amides is 1. The van der Waals surface area contributed by atoms with Crippen LogP contribution in [0.2, 0.25) is 10.0 Å². The highest BCUT2D eigenvalue weighted by Gasteiger charge is 2.11. The molecule has 0 saturated heterocycles. The van der Waals surface area contributed by atoms with Crippen molar-refractivity contribution in [3.05, 3.63) is 59.0 Å². The second-order valence-corrected chi connectivity index (χ2v) is 4.88. The van der Waals surface area contributed by atoms with Gasteiger partial charge in [0, 0.05) is 17.6 Å². The van der Waals surface area contributed by atoms with Crippen LogP contribution in [0.5, 0.6) is 0 Å². The average Bonchev–Trinajstić information content (AvgIpc) is 2.48. The molecule has 7 heteroatoms. The predicted octanol–water partition coefficient (Wildman–Crippen LogP) is 3.63. The highest BCUT2D eigenvalue weighted by atomic mass is 35.5. The van der Waals surface area contributed by atoms with E-state index < -0.39 is 0 Å². The maximum absolute atomic E-state index is 12.1. The van der Waals surface area contributed by atoms with E-state index in [1.807, 2.05) is 0 Å². The van der Waals surface area contributed by atoms with Crippen LogP contribution in [0.4, 0.5) is 11.5 Å². The lowest BCUT2D eigenvalue weighted by atomic mass is 10.3. The summed E-state index contributed by atoms with van der Waals surface area (Å²) >= 11 is 11.8. The molecule has 0 aliphatic heterocycles. The molecule has 0 spiro atoms. The van der Waals surface area contributed by atoms with Crippen LogP contribution in [-0.4, -0.2) is 22.4 Å². The molecule has 108 valence electrons. The summed E-state index contributed by atoms with van der Waals surface area (Å²) in [5.74, 6) is 0.153. The van der Waals surface area contributed by atoms with Gasteiger partial charge >= 0.3 is 0 Å². The standard InChI is InChI=1S/C14H12Cl2N4O/c1-2-5-17-13-7-12(18-8-19-13)14(21)20-11-4-3-9(15)6-10(11)16/h2-4,6-8H,1,5H2,(H,20,21)(H,17,18,19). The number of hydrogen-bond acceptors (Lipinski definition) is 4. The van der Waals surface area contributed by atoms with Crippen molar-refractivity contribution in [1.29, 1.82) is 0 Å². The summed E-state index contributed by atoms with van der Waals surface area (Å²) in [7, 11) is 0. The summed E-state index contributed by atoms with van der Waals surface area (Å²) in [6.07, 6.45) is 3.00. The van der Waals surface area contributed by atoms with Gasteiger partial charge < -0.3 is 10.6 Å². The molecule has 1 aromatic carbocycles. The number of carbonyl (C=O) groups excluding carboxylic acids is 1. The Morgan fingerprint density at radius 2 is 2.10 bits per heavy atom. The molecule has 21 heavy (non-hydrogen) atoms. The zero-order valence-corrected chi connectivity index (χ0v) is 12.4. The first kappa shape index (κ1) is 15.3. The second kappa shape index (κ2) is 7.06. The van der Waals surface area contributed by atoms with Gasteiger partial charge in [0.25, 0.3) is 5.91 Å². The highest BCUT2D eigenvalue weighted by molar-refractivity contribution is 6.36. The van der Waals surface area contributed by atoms with Crippen LogP contribution in [0.3, 0.4) is 0 Å². The van der Waals surface area contributed by atoms with Crippen molar-refractivity contribution >= 4 is 40.6 Å². The second-order valence-electron chi connectivity index (χ2n) is 4.04. The molecule has 0 radical (unpaired) electrons. The molecule has 0 aliphatic rings. The summed E-state index contributed by atoms with van der Waals surface area (Å²) in [5.41, 5.74) is 0.688. The third kappa shape index (κ3) is 4.18. The van der Waals surface area contributed by atoms with E-state index in [4.69, 9.17) is 23.2 Å². The number of nitrogens with zero attached hydrogens (tertiary/aromatic N) is 2. The largest absolute Gasteiger partial charge is 0.366 e. The highest BCUT2D eigenvalue weighted by Crippen LogP contribution is 2.25. The first-order valence-electron chi connectivity index (χ1n) is 6.03. The van der Waals surface area contributed by atoms with Crippen molar-refractivity contribution in [2.75, 3.05) is 17.2 Å². The monoisotopic (exact) mass is 322 g/mol. The summed E-state index contributed by atoms with van der Waals surface area (Å²) in [6, 6.07) is 6.36. The minimum atomic E-state index is -0.386. The maximum atomic E-state index is 12.1. The maximum Gasteiger partial charge on any atom is 0.274 e. The number of rotatable bonds is 5. The predicted molar refractivity (Wildman–Crippen MR) is 85.1 cm³/mol. The van der Waals surface area contributed by atoms with Crippen molar-refractivity contribution in [3.63, 3.8) is 0 Å². The Balaban J connectivity index is 2.14. The number of halogens is 2. The first-order chi connectivity index (χ1) is 10.1. The molecule has 0 unspecified atom stereocenters. The van der Waals surface area contributed by atoms with E-state index >= 15 is 0 Å². The Morgan fingerprint density at radius 3 is 2.81 bits per heavy atom. The van der Waals surface area contributed by atoms with Crippen molar-refractivity contribution < 1.29 is 4.79 Å². The Kier molecular flexibility index (Phi) is 5.14. The fraction of sp³-hybridized carbons (Fsp3) is 0.0714. The van der Waals surface area contributed by atoms with E-state index in [-0.39, 0.29) is 11.6 Å². The number of benzene rings is 1. The normalized spacial score (nSPS) is 10.0. The molecule has 0 aliphatic carbocycles. The van der Waals surface area contributed by atoms with Crippen molar-refractivity contribution in [2.45, 2.75) is 0 Å². The van der Waals surface area contributed by atoms with Crippen molar-refractivity contribution in [3.8, 4) is 0 Å². The van der Waals surface area contributed by atoms with E-state index in [9.17, 15) is 4.79 Å². The third-order valence-electron chi connectivity index (χ3n) is 2.51. The van der Waals surface area contributed by atoms with Crippen LogP contribution < -0.4 is 10.6 Å². The SMILES string of the molecule is C=CCNc1cc(C(=O)Nc2ccc(Cl)cc2Cl)ncn1. The lowest BCUT2D eigenvalue weighted by Gasteiger charge is -2.08. The third-order valence-corrected chi connectivity index (χ3v) is 3.05. The number of anilines is 2. The van der Waals surface area contributed by atoms with E-state index in [2.05, 4.69) is 27.2 Å². The van der Waals surface area contributed by atoms with Crippen LogP contribution in [0.15, 0.2) is 43.2 Å². The quantitative estimate of drug-likeness (QED) is 0.825.